The zero-order chi connectivity index (χ0) is 13.2. The molecule has 1 aromatic rings. The van der Waals surface area contributed by atoms with Crippen LogP contribution in [0.3, 0.4) is 0 Å². The fraction of sp³-hybridized carbons (Fsp3) is 0.533. The van der Waals surface area contributed by atoms with Crippen molar-refractivity contribution in [2.75, 3.05) is 26.2 Å². The number of halogens is 1. The van der Waals surface area contributed by atoms with Gasteiger partial charge in [0.05, 0.1) is 0 Å². The van der Waals surface area contributed by atoms with Crippen LogP contribution in [0.2, 0.25) is 5.02 Å². The molecule has 0 aromatic heterocycles. The summed E-state index contributed by atoms with van der Waals surface area (Å²) in [6.07, 6.45) is 3.58. The number of rotatable bonds is 1. The van der Waals surface area contributed by atoms with Gasteiger partial charge in [-0.05, 0) is 50.1 Å². The second-order valence-corrected chi connectivity index (χ2v) is 5.88. The zero-order valence-corrected chi connectivity index (χ0v) is 11.8. The van der Waals surface area contributed by atoms with E-state index in [9.17, 15) is 4.79 Å². The minimum absolute atomic E-state index is 0.144. The van der Waals surface area contributed by atoms with E-state index in [0.29, 0.717) is 11.1 Å². The van der Waals surface area contributed by atoms with Gasteiger partial charge in [0.25, 0.3) is 5.91 Å². The highest BCUT2D eigenvalue weighted by atomic mass is 35.5. The van der Waals surface area contributed by atoms with Gasteiger partial charge in [-0.2, -0.15) is 0 Å². The molecule has 0 aliphatic carbocycles. The van der Waals surface area contributed by atoms with Crippen LogP contribution in [0.1, 0.15) is 29.6 Å². The summed E-state index contributed by atoms with van der Waals surface area (Å²) in [6, 6.07) is 7.78. The number of benzene rings is 1. The van der Waals surface area contributed by atoms with Gasteiger partial charge in [-0.1, -0.05) is 11.6 Å². The summed E-state index contributed by atoms with van der Waals surface area (Å²) in [6.45, 7) is 4.08. The van der Waals surface area contributed by atoms with E-state index >= 15 is 0 Å². The number of nitrogens with zero attached hydrogens (tertiary/aromatic N) is 2. The highest BCUT2D eigenvalue weighted by Gasteiger charge is 2.30. The SMILES string of the molecule is O=C(c1ccc(Cl)cc1)N1CCCN2CCC[C@H]2C1. The molecule has 3 rings (SSSR count). The average molecular weight is 279 g/mol. The lowest BCUT2D eigenvalue weighted by molar-refractivity contribution is 0.0743. The van der Waals surface area contributed by atoms with Crippen LogP contribution in [0.5, 0.6) is 0 Å². The number of carbonyl (C=O) groups is 1. The first-order valence-electron chi connectivity index (χ1n) is 7.03. The maximum atomic E-state index is 12.5. The zero-order valence-electron chi connectivity index (χ0n) is 11.0. The van der Waals surface area contributed by atoms with E-state index in [0.717, 1.165) is 31.6 Å². The molecule has 2 saturated heterocycles. The third kappa shape index (κ3) is 2.77. The summed E-state index contributed by atoms with van der Waals surface area (Å²) in [7, 11) is 0. The molecule has 2 aliphatic rings. The van der Waals surface area contributed by atoms with Gasteiger partial charge in [0.1, 0.15) is 0 Å². The van der Waals surface area contributed by atoms with Crippen molar-refractivity contribution >= 4 is 17.5 Å². The van der Waals surface area contributed by atoms with Crippen molar-refractivity contribution in [3.8, 4) is 0 Å². The second kappa shape index (κ2) is 5.51. The minimum atomic E-state index is 0.144. The summed E-state index contributed by atoms with van der Waals surface area (Å²) in [5, 5.41) is 0.675. The van der Waals surface area contributed by atoms with E-state index in [-0.39, 0.29) is 5.91 Å². The number of fused-ring (bicyclic) bond motifs is 1. The third-order valence-electron chi connectivity index (χ3n) is 4.18. The minimum Gasteiger partial charge on any atom is -0.337 e. The lowest BCUT2D eigenvalue weighted by Gasteiger charge is -2.25. The number of amides is 1. The molecule has 1 aromatic carbocycles. The van der Waals surface area contributed by atoms with Gasteiger partial charge in [-0.15, -0.1) is 0 Å². The lowest BCUT2D eigenvalue weighted by atomic mass is 10.1. The molecule has 4 heteroatoms. The molecule has 1 atom stereocenters. The van der Waals surface area contributed by atoms with Gasteiger partial charge in [-0.25, -0.2) is 0 Å². The summed E-state index contributed by atoms with van der Waals surface area (Å²) in [5.74, 6) is 0.144. The van der Waals surface area contributed by atoms with Crippen molar-refractivity contribution in [2.24, 2.45) is 0 Å². The molecule has 0 spiro atoms. The molecule has 102 valence electrons. The van der Waals surface area contributed by atoms with Crippen LogP contribution in [0, 0.1) is 0 Å². The Labute approximate surface area is 119 Å². The third-order valence-corrected chi connectivity index (χ3v) is 4.43. The molecular formula is C15H19ClN2O. The van der Waals surface area contributed by atoms with Crippen LogP contribution in [0.25, 0.3) is 0 Å². The molecule has 2 heterocycles. The van der Waals surface area contributed by atoms with Gasteiger partial charge in [0.15, 0.2) is 0 Å². The number of carbonyl (C=O) groups excluding carboxylic acids is 1. The fourth-order valence-corrected chi connectivity index (χ4v) is 3.29. The van der Waals surface area contributed by atoms with Crippen LogP contribution in [-0.4, -0.2) is 47.9 Å². The van der Waals surface area contributed by atoms with Crippen molar-refractivity contribution in [2.45, 2.75) is 25.3 Å². The quantitative estimate of drug-likeness (QED) is 0.788. The van der Waals surface area contributed by atoms with Crippen LogP contribution < -0.4 is 0 Å². The molecule has 0 bridgehead atoms. The molecule has 2 aliphatic heterocycles. The second-order valence-electron chi connectivity index (χ2n) is 5.44. The summed E-state index contributed by atoms with van der Waals surface area (Å²) in [5.41, 5.74) is 0.746. The Morgan fingerprint density at radius 2 is 1.84 bits per heavy atom. The Balaban J connectivity index is 1.73. The maximum absolute atomic E-state index is 12.5. The topological polar surface area (TPSA) is 23.6 Å². The maximum Gasteiger partial charge on any atom is 0.253 e. The Morgan fingerprint density at radius 3 is 2.63 bits per heavy atom. The van der Waals surface area contributed by atoms with Crippen molar-refractivity contribution in [3.05, 3.63) is 34.9 Å². The highest BCUT2D eigenvalue weighted by Crippen LogP contribution is 2.22. The molecule has 19 heavy (non-hydrogen) atoms. The first kappa shape index (κ1) is 12.9. The van der Waals surface area contributed by atoms with Crippen LogP contribution in [0.4, 0.5) is 0 Å². The Kier molecular flexibility index (Phi) is 3.76. The van der Waals surface area contributed by atoms with Crippen molar-refractivity contribution in [1.29, 1.82) is 0 Å². The van der Waals surface area contributed by atoms with Gasteiger partial charge < -0.3 is 4.90 Å². The van der Waals surface area contributed by atoms with E-state index < -0.39 is 0 Å². The van der Waals surface area contributed by atoms with E-state index in [2.05, 4.69) is 4.90 Å². The molecule has 2 fully saturated rings. The molecule has 0 radical (unpaired) electrons. The summed E-state index contributed by atoms with van der Waals surface area (Å²) in [4.78, 5) is 17.1. The largest absolute Gasteiger partial charge is 0.337 e. The van der Waals surface area contributed by atoms with Gasteiger partial charge >= 0.3 is 0 Å². The molecule has 0 N–H and O–H groups in total. The highest BCUT2D eigenvalue weighted by molar-refractivity contribution is 6.30. The first-order valence-corrected chi connectivity index (χ1v) is 7.41. The van der Waals surface area contributed by atoms with Gasteiger partial charge in [0.2, 0.25) is 0 Å². The first-order chi connectivity index (χ1) is 9.24. The van der Waals surface area contributed by atoms with Crippen LogP contribution in [0.15, 0.2) is 24.3 Å². The van der Waals surface area contributed by atoms with E-state index in [4.69, 9.17) is 11.6 Å². The van der Waals surface area contributed by atoms with E-state index in [1.54, 1.807) is 12.1 Å². The monoisotopic (exact) mass is 278 g/mol. The molecular weight excluding hydrogens is 260 g/mol. The van der Waals surface area contributed by atoms with E-state index in [1.165, 1.54) is 19.4 Å². The number of hydrogen-bond donors (Lipinski definition) is 0. The Bertz CT molecular complexity index is 460. The molecule has 3 nitrogen and oxygen atoms in total. The smallest absolute Gasteiger partial charge is 0.253 e. The van der Waals surface area contributed by atoms with E-state index in [1.807, 2.05) is 17.0 Å². The molecule has 0 saturated carbocycles. The fourth-order valence-electron chi connectivity index (χ4n) is 3.17. The standard InChI is InChI=1S/C15H19ClN2O/c16-13-6-4-12(5-7-13)15(19)18-10-2-9-17-8-1-3-14(17)11-18/h4-7,14H,1-3,8-11H2/t14-/m0/s1. The Morgan fingerprint density at radius 1 is 1.11 bits per heavy atom. The molecule has 0 unspecified atom stereocenters. The lowest BCUT2D eigenvalue weighted by Crippen LogP contribution is -2.39. The normalized spacial score (nSPS) is 24.1. The van der Waals surface area contributed by atoms with Crippen molar-refractivity contribution < 1.29 is 4.79 Å². The average Bonchev–Trinajstić information content (AvgIpc) is 2.76. The molecule has 1 amide bonds. The summed E-state index contributed by atoms with van der Waals surface area (Å²) >= 11 is 5.87. The summed E-state index contributed by atoms with van der Waals surface area (Å²) < 4.78 is 0. The van der Waals surface area contributed by atoms with Crippen LogP contribution in [-0.2, 0) is 0 Å². The Hall–Kier alpha value is -1.06. The van der Waals surface area contributed by atoms with Gasteiger partial charge in [0, 0.05) is 36.3 Å². The van der Waals surface area contributed by atoms with Crippen molar-refractivity contribution in [1.82, 2.24) is 9.80 Å². The van der Waals surface area contributed by atoms with Gasteiger partial charge in [-0.3, -0.25) is 9.69 Å². The van der Waals surface area contributed by atoms with Crippen LogP contribution >= 0.6 is 11.6 Å². The predicted octanol–water partition coefficient (Wildman–Crippen LogP) is 2.65. The predicted molar refractivity (Wildman–Crippen MR) is 76.6 cm³/mol. The van der Waals surface area contributed by atoms with Crippen molar-refractivity contribution in [3.63, 3.8) is 0 Å². The number of hydrogen-bond acceptors (Lipinski definition) is 2.